The number of amides is 1. The minimum atomic E-state index is -3.40. The highest BCUT2D eigenvalue weighted by Crippen LogP contribution is 2.23. The molecule has 0 aliphatic rings. The third kappa shape index (κ3) is 3.67. The number of nitrogens with one attached hydrogen (secondary N) is 1. The monoisotopic (exact) mass is 337 g/mol. The molecular formula is C16H16ClNO3S. The summed E-state index contributed by atoms with van der Waals surface area (Å²) in [6.07, 6.45) is 1.09. The summed E-state index contributed by atoms with van der Waals surface area (Å²) >= 11 is 6.02. The molecule has 1 N–H and O–H groups in total. The van der Waals surface area contributed by atoms with E-state index in [4.69, 9.17) is 11.6 Å². The molecule has 1 amide bonds. The molecule has 2 rings (SSSR count). The van der Waals surface area contributed by atoms with Gasteiger partial charge in [0.15, 0.2) is 9.84 Å². The second kappa shape index (κ2) is 6.10. The highest BCUT2D eigenvalue weighted by Gasteiger charge is 2.16. The normalized spacial score (nSPS) is 11.3. The molecule has 2 aromatic rings. The van der Waals surface area contributed by atoms with E-state index in [0.717, 1.165) is 17.4 Å². The van der Waals surface area contributed by atoms with Crippen LogP contribution in [0.15, 0.2) is 41.3 Å². The van der Waals surface area contributed by atoms with E-state index in [9.17, 15) is 13.2 Å². The molecule has 0 fully saturated rings. The molecule has 22 heavy (non-hydrogen) atoms. The zero-order valence-electron chi connectivity index (χ0n) is 12.5. The van der Waals surface area contributed by atoms with Crippen molar-refractivity contribution in [3.63, 3.8) is 0 Å². The SMILES string of the molecule is Cc1ccc(C)c(NC(=O)c2cc(S(C)(=O)=O)ccc2Cl)c1. The Kier molecular flexibility index (Phi) is 4.58. The van der Waals surface area contributed by atoms with Gasteiger partial charge in [-0.1, -0.05) is 23.7 Å². The third-order valence-electron chi connectivity index (χ3n) is 3.25. The van der Waals surface area contributed by atoms with Crippen molar-refractivity contribution in [1.29, 1.82) is 0 Å². The van der Waals surface area contributed by atoms with Crippen LogP contribution in [0.1, 0.15) is 21.5 Å². The number of rotatable bonds is 3. The summed E-state index contributed by atoms with van der Waals surface area (Å²) in [7, 11) is -3.40. The fraction of sp³-hybridized carbons (Fsp3) is 0.188. The van der Waals surface area contributed by atoms with Gasteiger partial charge in [0, 0.05) is 11.9 Å². The number of sulfone groups is 1. The van der Waals surface area contributed by atoms with E-state index in [1.807, 2.05) is 32.0 Å². The summed E-state index contributed by atoms with van der Waals surface area (Å²) in [6, 6.07) is 9.78. The van der Waals surface area contributed by atoms with Crippen molar-refractivity contribution < 1.29 is 13.2 Å². The van der Waals surface area contributed by atoms with Gasteiger partial charge in [-0.25, -0.2) is 8.42 Å². The van der Waals surface area contributed by atoms with E-state index < -0.39 is 15.7 Å². The molecule has 0 spiro atoms. The van der Waals surface area contributed by atoms with Crippen LogP contribution in [-0.4, -0.2) is 20.6 Å². The van der Waals surface area contributed by atoms with Crippen LogP contribution in [0.4, 0.5) is 5.69 Å². The van der Waals surface area contributed by atoms with Gasteiger partial charge in [0.1, 0.15) is 0 Å². The average Bonchev–Trinajstić information content (AvgIpc) is 2.42. The van der Waals surface area contributed by atoms with Gasteiger partial charge >= 0.3 is 0 Å². The number of benzene rings is 2. The van der Waals surface area contributed by atoms with Crippen LogP contribution in [0, 0.1) is 13.8 Å². The number of hydrogen-bond acceptors (Lipinski definition) is 3. The first-order chi connectivity index (χ1) is 10.2. The van der Waals surface area contributed by atoms with Gasteiger partial charge in [-0.15, -0.1) is 0 Å². The minimum Gasteiger partial charge on any atom is -0.322 e. The lowest BCUT2D eigenvalue weighted by molar-refractivity contribution is 0.102. The number of carbonyl (C=O) groups excluding carboxylic acids is 1. The lowest BCUT2D eigenvalue weighted by atomic mass is 10.1. The predicted octanol–water partition coefficient (Wildman–Crippen LogP) is 3.61. The Hall–Kier alpha value is -1.85. The van der Waals surface area contributed by atoms with Crippen LogP contribution >= 0.6 is 11.6 Å². The molecule has 0 aromatic heterocycles. The zero-order valence-corrected chi connectivity index (χ0v) is 14.0. The fourth-order valence-electron chi connectivity index (χ4n) is 1.97. The number of aryl methyl sites for hydroxylation is 2. The molecular weight excluding hydrogens is 322 g/mol. The maximum Gasteiger partial charge on any atom is 0.257 e. The standard InChI is InChI=1S/C16H16ClNO3S/c1-10-4-5-11(2)15(8-10)18-16(19)13-9-12(22(3,20)21)6-7-14(13)17/h4-9H,1-3H3,(H,18,19). The van der Waals surface area contributed by atoms with E-state index in [1.54, 1.807) is 0 Å². The van der Waals surface area contributed by atoms with E-state index in [-0.39, 0.29) is 15.5 Å². The van der Waals surface area contributed by atoms with Crippen molar-refractivity contribution in [3.05, 3.63) is 58.1 Å². The lowest BCUT2D eigenvalue weighted by Crippen LogP contribution is -2.14. The Morgan fingerprint density at radius 3 is 2.41 bits per heavy atom. The average molecular weight is 338 g/mol. The first kappa shape index (κ1) is 16.5. The molecule has 0 bridgehead atoms. The van der Waals surface area contributed by atoms with Gasteiger partial charge in [0.25, 0.3) is 5.91 Å². The number of halogens is 1. The minimum absolute atomic E-state index is 0.0583. The molecule has 2 aromatic carbocycles. The van der Waals surface area contributed by atoms with Crippen LogP contribution in [0.2, 0.25) is 5.02 Å². The summed E-state index contributed by atoms with van der Waals surface area (Å²) in [5.74, 6) is -0.441. The lowest BCUT2D eigenvalue weighted by Gasteiger charge is -2.11. The zero-order chi connectivity index (χ0) is 16.5. The largest absolute Gasteiger partial charge is 0.322 e. The van der Waals surface area contributed by atoms with Crippen molar-refractivity contribution in [2.45, 2.75) is 18.7 Å². The predicted molar refractivity (Wildman–Crippen MR) is 88.4 cm³/mol. The first-order valence-corrected chi connectivity index (χ1v) is 8.83. The van der Waals surface area contributed by atoms with Crippen LogP contribution < -0.4 is 5.32 Å². The summed E-state index contributed by atoms with van der Waals surface area (Å²) in [5.41, 5.74) is 2.72. The van der Waals surface area contributed by atoms with Gasteiger partial charge in [-0.2, -0.15) is 0 Å². The smallest absolute Gasteiger partial charge is 0.257 e. The number of carbonyl (C=O) groups is 1. The van der Waals surface area contributed by atoms with Crippen molar-refractivity contribution in [1.82, 2.24) is 0 Å². The van der Waals surface area contributed by atoms with Crippen LogP contribution in [0.3, 0.4) is 0 Å². The fourth-order valence-corrected chi connectivity index (χ4v) is 2.82. The van der Waals surface area contributed by atoms with Gasteiger partial charge in [0.05, 0.1) is 15.5 Å². The molecule has 0 aliphatic carbocycles. The van der Waals surface area contributed by atoms with Crippen LogP contribution in [-0.2, 0) is 9.84 Å². The Labute approximate surface area is 135 Å². The van der Waals surface area contributed by atoms with Gasteiger partial charge < -0.3 is 5.32 Å². The molecule has 0 radical (unpaired) electrons. The van der Waals surface area contributed by atoms with Gasteiger partial charge in [-0.3, -0.25) is 4.79 Å². The third-order valence-corrected chi connectivity index (χ3v) is 4.69. The molecule has 0 atom stereocenters. The van der Waals surface area contributed by atoms with Crippen molar-refractivity contribution in [3.8, 4) is 0 Å². The van der Waals surface area contributed by atoms with Gasteiger partial charge in [-0.05, 0) is 49.2 Å². The van der Waals surface area contributed by atoms with Gasteiger partial charge in [0.2, 0.25) is 0 Å². The molecule has 0 heterocycles. The van der Waals surface area contributed by atoms with E-state index in [2.05, 4.69) is 5.32 Å². The molecule has 0 unspecified atom stereocenters. The number of hydrogen-bond donors (Lipinski definition) is 1. The summed E-state index contributed by atoms with van der Waals surface area (Å²) in [6.45, 7) is 3.80. The Bertz CT molecular complexity index is 844. The van der Waals surface area contributed by atoms with Crippen molar-refractivity contribution in [2.24, 2.45) is 0 Å². The maximum absolute atomic E-state index is 12.4. The molecule has 116 valence electrons. The molecule has 4 nitrogen and oxygen atoms in total. The first-order valence-electron chi connectivity index (χ1n) is 6.56. The Morgan fingerprint density at radius 1 is 1.09 bits per heavy atom. The van der Waals surface area contributed by atoms with Crippen LogP contribution in [0.5, 0.6) is 0 Å². The second-order valence-electron chi connectivity index (χ2n) is 5.19. The molecule has 0 saturated carbocycles. The van der Waals surface area contributed by atoms with Crippen LogP contribution in [0.25, 0.3) is 0 Å². The highest BCUT2D eigenvalue weighted by molar-refractivity contribution is 7.90. The highest BCUT2D eigenvalue weighted by atomic mass is 35.5. The van der Waals surface area contributed by atoms with E-state index in [1.165, 1.54) is 18.2 Å². The summed E-state index contributed by atoms with van der Waals surface area (Å²) < 4.78 is 23.2. The summed E-state index contributed by atoms with van der Waals surface area (Å²) in [5, 5.41) is 2.97. The molecule has 0 aliphatic heterocycles. The van der Waals surface area contributed by atoms with E-state index in [0.29, 0.717) is 5.69 Å². The van der Waals surface area contributed by atoms with E-state index >= 15 is 0 Å². The topological polar surface area (TPSA) is 63.2 Å². The Morgan fingerprint density at radius 2 is 1.77 bits per heavy atom. The summed E-state index contributed by atoms with van der Waals surface area (Å²) in [4.78, 5) is 12.4. The van der Waals surface area contributed by atoms with Crippen molar-refractivity contribution in [2.75, 3.05) is 11.6 Å². The molecule has 0 saturated heterocycles. The number of anilines is 1. The second-order valence-corrected chi connectivity index (χ2v) is 7.61. The quantitative estimate of drug-likeness (QED) is 0.930. The Balaban J connectivity index is 2.39. The maximum atomic E-state index is 12.4. The van der Waals surface area contributed by atoms with Crippen molar-refractivity contribution >= 4 is 33.0 Å². The molecule has 6 heteroatoms.